The summed E-state index contributed by atoms with van der Waals surface area (Å²) in [4.78, 5) is 8.89. The van der Waals surface area contributed by atoms with Crippen molar-refractivity contribution in [1.29, 1.82) is 0 Å². The number of nitrogens with zero attached hydrogens (tertiary/aromatic N) is 4. The van der Waals surface area contributed by atoms with Crippen LogP contribution in [0.2, 0.25) is 0 Å². The molecule has 0 spiro atoms. The Balaban J connectivity index is 1.62. The zero-order valence-electron chi connectivity index (χ0n) is 18.0. The minimum atomic E-state index is -0.0724. The van der Waals surface area contributed by atoms with Gasteiger partial charge >= 0.3 is 6.01 Å². The Morgan fingerprint density at radius 3 is 2.81 bits per heavy atom. The van der Waals surface area contributed by atoms with E-state index >= 15 is 0 Å². The molecule has 31 heavy (non-hydrogen) atoms. The van der Waals surface area contributed by atoms with Crippen LogP contribution in [0.25, 0.3) is 22.3 Å². The number of hydrogen-bond donors (Lipinski definition) is 0. The van der Waals surface area contributed by atoms with Crippen LogP contribution in [0.4, 0.5) is 0 Å². The van der Waals surface area contributed by atoms with Gasteiger partial charge in [-0.15, -0.1) is 0 Å². The third-order valence-electron chi connectivity index (χ3n) is 5.69. The van der Waals surface area contributed by atoms with Crippen LogP contribution < -0.4 is 9.47 Å². The molecule has 0 amide bonds. The number of ether oxygens (including phenoxy) is 4. The van der Waals surface area contributed by atoms with Crippen LogP contribution in [0, 0.1) is 0 Å². The van der Waals surface area contributed by atoms with Crippen molar-refractivity contribution in [3.8, 4) is 23.1 Å². The summed E-state index contributed by atoms with van der Waals surface area (Å²) < 4.78 is 25.8. The molecule has 0 aliphatic carbocycles. The molecule has 1 saturated heterocycles. The summed E-state index contributed by atoms with van der Waals surface area (Å²) >= 11 is 0. The lowest BCUT2D eigenvalue weighted by molar-refractivity contribution is -0.0365. The molecular weight excluding hydrogens is 396 g/mol. The minimum absolute atomic E-state index is 0.0247. The summed E-state index contributed by atoms with van der Waals surface area (Å²) in [7, 11) is 0. The monoisotopic (exact) mass is 424 g/mol. The molecule has 0 saturated carbocycles. The summed E-state index contributed by atoms with van der Waals surface area (Å²) in [6.45, 7) is 5.77. The first-order valence-corrected chi connectivity index (χ1v) is 11.1. The van der Waals surface area contributed by atoms with E-state index in [1.54, 1.807) is 6.20 Å². The van der Waals surface area contributed by atoms with Crippen molar-refractivity contribution in [2.75, 3.05) is 19.8 Å². The number of hydrogen-bond acceptors (Lipinski definition) is 7. The van der Waals surface area contributed by atoms with Crippen LogP contribution >= 0.6 is 0 Å². The maximum atomic E-state index is 6.18. The van der Waals surface area contributed by atoms with Gasteiger partial charge in [0.05, 0.1) is 30.0 Å². The highest BCUT2D eigenvalue weighted by atomic mass is 16.5. The average molecular weight is 425 g/mol. The molecule has 164 valence electrons. The van der Waals surface area contributed by atoms with Gasteiger partial charge in [-0.1, -0.05) is 0 Å². The summed E-state index contributed by atoms with van der Waals surface area (Å²) in [5.41, 5.74) is 2.48. The van der Waals surface area contributed by atoms with Crippen LogP contribution in [-0.2, 0) is 9.47 Å². The third-order valence-corrected chi connectivity index (χ3v) is 5.69. The summed E-state index contributed by atoms with van der Waals surface area (Å²) in [6.07, 6.45) is 5.54. The molecule has 1 unspecified atom stereocenters. The van der Waals surface area contributed by atoms with Gasteiger partial charge in [-0.3, -0.25) is 0 Å². The smallest absolute Gasteiger partial charge is 0.317 e. The molecule has 1 fully saturated rings. The van der Waals surface area contributed by atoms with Gasteiger partial charge in [-0.05, 0) is 57.4 Å². The Kier molecular flexibility index (Phi) is 5.74. The van der Waals surface area contributed by atoms with Gasteiger partial charge in [0.25, 0.3) is 0 Å². The normalized spacial score (nSPS) is 24.8. The highest BCUT2D eigenvalue weighted by molar-refractivity contribution is 5.93. The van der Waals surface area contributed by atoms with Crippen molar-refractivity contribution < 1.29 is 18.9 Å². The predicted octanol–water partition coefficient (Wildman–Crippen LogP) is 4.15. The number of rotatable bonds is 1. The van der Waals surface area contributed by atoms with Crippen LogP contribution in [0.3, 0.4) is 0 Å². The van der Waals surface area contributed by atoms with E-state index in [4.69, 9.17) is 24.0 Å². The summed E-state index contributed by atoms with van der Waals surface area (Å²) in [6, 6.07) is 8.27. The molecule has 5 rings (SSSR count). The molecule has 3 aromatic rings. The fraction of sp³-hybridized carbons (Fsp3) is 0.522. The summed E-state index contributed by atoms with van der Waals surface area (Å²) in [5.74, 6) is 0.804. The average Bonchev–Trinajstić information content (AvgIpc) is 3.17. The Labute approximate surface area is 181 Å². The second-order valence-corrected chi connectivity index (χ2v) is 8.23. The minimum Gasteiger partial charge on any atom is -0.491 e. The van der Waals surface area contributed by atoms with Gasteiger partial charge in [0.1, 0.15) is 18.1 Å². The van der Waals surface area contributed by atoms with Crippen LogP contribution in [0.15, 0.2) is 30.5 Å². The topological polar surface area (TPSA) is 80.5 Å². The van der Waals surface area contributed by atoms with E-state index in [1.165, 1.54) is 0 Å². The molecule has 2 aliphatic heterocycles. The van der Waals surface area contributed by atoms with E-state index in [1.807, 2.05) is 29.8 Å². The highest BCUT2D eigenvalue weighted by Gasteiger charge is 2.23. The summed E-state index contributed by atoms with van der Waals surface area (Å²) in [5, 5.41) is 5.91. The number of benzene rings is 1. The zero-order valence-corrected chi connectivity index (χ0v) is 18.0. The molecule has 4 bridgehead atoms. The molecular formula is C23H28N4O4. The fourth-order valence-corrected chi connectivity index (χ4v) is 4.03. The third kappa shape index (κ3) is 4.36. The van der Waals surface area contributed by atoms with E-state index in [2.05, 4.69) is 23.0 Å². The lowest BCUT2D eigenvalue weighted by Crippen LogP contribution is -2.22. The largest absolute Gasteiger partial charge is 0.491 e. The molecule has 2 aliphatic rings. The first-order chi connectivity index (χ1) is 15.2. The van der Waals surface area contributed by atoms with Crippen LogP contribution in [0.5, 0.6) is 11.8 Å². The van der Waals surface area contributed by atoms with Gasteiger partial charge in [-0.2, -0.15) is 10.1 Å². The van der Waals surface area contributed by atoms with Crippen molar-refractivity contribution >= 4 is 10.9 Å². The Morgan fingerprint density at radius 1 is 1.00 bits per heavy atom. The Bertz CT molecular complexity index is 1050. The molecule has 8 nitrogen and oxygen atoms in total. The molecule has 0 radical (unpaired) electrons. The van der Waals surface area contributed by atoms with Crippen molar-refractivity contribution in [1.82, 2.24) is 19.7 Å². The first-order valence-electron chi connectivity index (χ1n) is 11.1. The molecule has 4 heterocycles. The number of fused-ring (bicyclic) bond motifs is 4. The fourth-order valence-electron chi connectivity index (χ4n) is 4.03. The SMILES string of the molecule is C[C@H]1COc2nccc(n2)-c2nn(C3CCCCO3)c3ccc(cc23)O[C@@H](C)CCO1. The van der Waals surface area contributed by atoms with Crippen molar-refractivity contribution in [3.05, 3.63) is 30.5 Å². The lowest BCUT2D eigenvalue weighted by Gasteiger charge is -2.23. The van der Waals surface area contributed by atoms with Gasteiger partial charge in [0.2, 0.25) is 0 Å². The molecule has 0 N–H and O–H groups in total. The first kappa shape index (κ1) is 20.2. The second-order valence-electron chi connectivity index (χ2n) is 8.23. The van der Waals surface area contributed by atoms with Crippen molar-refractivity contribution in [3.63, 3.8) is 0 Å². The maximum absolute atomic E-state index is 6.18. The van der Waals surface area contributed by atoms with E-state index in [0.717, 1.165) is 54.6 Å². The van der Waals surface area contributed by atoms with Crippen LogP contribution in [0.1, 0.15) is 45.8 Å². The standard InChI is InChI=1S/C23H28N4O4/c1-15-9-12-28-16(2)14-30-23-24-10-8-19(25-23)22-18-13-17(31-15)6-7-20(18)27(26-22)21-5-3-4-11-29-21/h6-8,10,13,15-16,21H,3-5,9,11-12,14H2,1-2H3/t15-,16-,21?/m0/s1. The molecule has 3 atom stereocenters. The van der Waals surface area contributed by atoms with Gasteiger partial charge in [-0.25, -0.2) is 9.67 Å². The number of aromatic nitrogens is 4. The zero-order chi connectivity index (χ0) is 21.2. The van der Waals surface area contributed by atoms with Crippen LogP contribution in [-0.4, -0.2) is 51.8 Å². The van der Waals surface area contributed by atoms with Gasteiger partial charge in [0, 0.05) is 24.6 Å². The quantitative estimate of drug-likeness (QED) is 0.580. The van der Waals surface area contributed by atoms with Gasteiger partial charge < -0.3 is 18.9 Å². The van der Waals surface area contributed by atoms with E-state index < -0.39 is 0 Å². The van der Waals surface area contributed by atoms with E-state index in [0.29, 0.717) is 24.9 Å². The van der Waals surface area contributed by atoms with Crippen molar-refractivity contribution in [2.45, 2.75) is 58.0 Å². The predicted molar refractivity (Wildman–Crippen MR) is 115 cm³/mol. The van der Waals surface area contributed by atoms with E-state index in [9.17, 15) is 0 Å². The molecule has 8 heteroatoms. The van der Waals surface area contributed by atoms with E-state index in [-0.39, 0.29) is 18.4 Å². The second kappa shape index (κ2) is 8.80. The van der Waals surface area contributed by atoms with Gasteiger partial charge in [0.15, 0.2) is 6.23 Å². The molecule has 1 aromatic carbocycles. The lowest BCUT2D eigenvalue weighted by atomic mass is 10.1. The molecule has 2 aromatic heterocycles. The maximum Gasteiger partial charge on any atom is 0.317 e. The Morgan fingerprint density at radius 2 is 1.94 bits per heavy atom. The highest BCUT2D eigenvalue weighted by Crippen LogP contribution is 2.34. The Hall–Kier alpha value is -2.71. The van der Waals surface area contributed by atoms with Crippen molar-refractivity contribution in [2.24, 2.45) is 0 Å².